The Morgan fingerprint density at radius 1 is 1.53 bits per heavy atom. The van der Waals surface area contributed by atoms with Crippen molar-refractivity contribution in [3.05, 3.63) is 23.0 Å². The maximum atomic E-state index is 13.4. The Bertz CT molecular complexity index is 409. The summed E-state index contributed by atoms with van der Waals surface area (Å²) in [7, 11) is 0. The molecule has 1 aliphatic rings. The highest BCUT2D eigenvalue weighted by atomic mass is 35.5. The summed E-state index contributed by atoms with van der Waals surface area (Å²) in [6.45, 7) is 4.12. The van der Waals surface area contributed by atoms with Crippen LogP contribution in [-0.2, 0) is 0 Å². The van der Waals surface area contributed by atoms with Gasteiger partial charge in [0.05, 0.1) is 16.4 Å². The van der Waals surface area contributed by atoms with Crippen molar-refractivity contribution in [2.45, 2.75) is 26.2 Å². The number of hydrogen-bond acceptors (Lipinski definition) is 2. The van der Waals surface area contributed by atoms with E-state index in [9.17, 15) is 4.39 Å². The largest absolute Gasteiger partial charge is 0.397 e. The minimum absolute atomic E-state index is 0.0931. The summed E-state index contributed by atoms with van der Waals surface area (Å²) in [5.41, 5.74) is 7.24. The summed E-state index contributed by atoms with van der Waals surface area (Å²) in [6.07, 6.45) is 3.59. The molecular formula is C13H18ClFN2. The van der Waals surface area contributed by atoms with Gasteiger partial charge in [0.15, 0.2) is 0 Å². The fourth-order valence-electron chi connectivity index (χ4n) is 2.52. The molecule has 0 saturated carbocycles. The first-order chi connectivity index (χ1) is 8.11. The smallest absolute Gasteiger partial charge is 0.144 e. The lowest BCUT2D eigenvalue weighted by atomic mass is 10.0. The maximum Gasteiger partial charge on any atom is 0.144 e. The van der Waals surface area contributed by atoms with Gasteiger partial charge in [-0.05, 0) is 24.8 Å². The van der Waals surface area contributed by atoms with Crippen LogP contribution in [0, 0.1) is 11.7 Å². The molecule has 0 bridgehead atoms. The number of nitrogen functional groups attached to an aromatic ring is 1. The van der Waals surface area contributed by atoms with E-state index in [1.54, 1.807) is 0 Å². The third-order valence-electron chi connectivity index (χ3n) is 3.39. The molecule has 1 aromatic carbocycles. The number of anilines is 2. The molecule has 1 fully saturated rings. The molecule has 2 nitrogen and oxygen atoms in total. The van der Waals surface area contributed by atoms with Crippen molar-refractivity contribution in [1.82, 2.24) is 0 Å². The van der Waals surface area contributed by atoms with Crippen LogP contribution >= 0.6 is 11.6 Å². The normalized spacial score (nSPS) is 19.9. The monoisotopic (exact) mass is 256 g/mol. The first-order valence-electron chi connectivity index (χ1n) is 6.11. The van der Waals surface area contributed by atoms with Crippen molar-refractivity contribution in [3.8, 4) is 0 Å². The second-order valence-electron chi connectivity index (χ2n) is 4.71. The van der Waals surface area contributed by atoms with Crippen LogP contribution in [0.2, 0.25) is 5.02 Å². The number of hydrogen-bond donors (Lipinski definition) is 1. The van der Waals surface area contributed by atoms with Crippen LogP contribution in [0.25, 0.3) is 0 Å². The first-order valence-corrected chi connectivity index (χ1v) is 6.49. The fraction of sp³-hybridized carbons (Fsp3) is 0.538. The van der Waals surface area contributed by atoms with Gasteiger partial charge in [0.25, 0.3) is 0 Å². The quantitative estimate of drug-likeness (QED) is 0.836. The molecule has 1 heterocycles. The molecule has 1 unspecified atom stereocenters. The van der Waals surface area contributed by atoms with Crippen LogP contribution in [0.4, 0.5) is 15.8 Å². The highest BCUT2D eigenvalue weighted by Crippen LogP contribution is 2.33. The van der Waals surface area contributed by atoms with Crippen molar-refractivity contribution >= 4 is 23.0 Å². The number of halogens is 2. The van der Waals surface area contributed by atoms with E-state index in [4.69, 9.17) is 17.3 Å². The summed E-state index contributed by atoms with van der Waals surface area (Å²) in [5.74, 6) is 0.313. The van der Waals surface area contributed by atoms with Gasteiger partial charge in [0, 0.05) is 19.2 Å². The van der Waals surface area contributed by atoms with Crippen molar-refractivity contribution in [2.75, 3.05) is 23.7 Å². The van der Waals surface area contributed by atoms with Gasteiger partial charge < -0.3 is 10.6 Å². The summed E-state index contributed by atoms with van der Waals surface area (Å²) in [5, 5.41) is 0.0931. The van der Waals surface area contributed by atoms with Gasteiger partial charge in [0.2, 0.25) is 0 Å². The number of nitrogens with zero attached hydrogens (tertiary/aromatic N) is 1. The zero-order chi connectivity index (χ0) is 12.4. The standard InChI is InChI=1S/C13H18ClFN2/c1-2-3-9-4-5-17(8-9)13-7-11(15)10(14)6-12(13)16/h6-7,9H,2-5,8,16H2,1H3. The van der Waals surface area contributed by atoms with Crippen LogP contribution in [0.1, 0.15) is 26.2 Å². The molecule has 0 spiro atoms. The molecular weight excluding hydrogens is 239 g/mol. The van der Waals surface area contributed by atoms with E-state index >= 15 is 0 Å². The Morgan fingerprint density at radius 2 is 2.29 bits per heavy atom. The van der Waals surface area contributed by atoms with Crippen molar-refractivity contribution < 1.29 is 4.39 Å². The van der Waals surface area contributed by atoms with E-state index in [1.165, 1.54) is 25.0 Å². The predicted molar refractivity (Wildman–Crippen MR) is 71.1 cm³/mol. The van der Waals surface area contributed by atoms with Gasteiger partial charge >= 0.3 is 0 Å². The van der Waals surface area contributed by atoms with E-state index in [1.807, 2.05) is 0 Å². The Kier molecular flexibility index (Phi) is 3.77. The SMILES string of the molecule is CCCC1CCN(c2cc(F)c(Cl)cc2N)C1. The van der Waals surface area contributed by atoms with Gasteiger partial charge in [-0.2, -0.15) is 0 Å². The summed E-state index contributed by atoms with van der Waals surface area (Å²) in [4.78, 5) is 2.16. The van der Waals surface area contributed by atoms with E-state index < -0.39 is 5.82 Å². The Hall–Kier alpha value is -0.960. The molecule has 2 N–H and O–H groups in total. The Morgan fingerprint density at radius 3 is 3.00 bits per heavy atom. The minimum Gasteiger partial charge on any atom is -0.397 e. The molecule has 2 rings (SSSR count). The Labute approximate surface area is 107 Å². The lowest BCUT2D eigenvalue weighted by molar-refractivity contribution is 0.529. The average molecular weight is 257 g/mol. The Balaban J connectivity index is 2.16. The van der Waals surface area contributed by atoms with Gasteiger partial charge in [-0.15, -0.1) is 0 Å². The molecule has 0 aromatic heterocycles. The molecule has 1 aliphatic heterocycles. The topological polar surface area (TPSA) is 29.3 Å². The number of rotatable bonds is 3. The first kappa shape index (κ1) is 12.5. The van der Waals surface area contributed by atoms with Crippen LogP contribution < -0.4 is 10.6 Å². The van der Waals surface area contributed by atoms with Crippen LogP contribution in [0.5, 0.6) is 0 Å². The summed E-state index contributed by atoms with van der Waals surface area (Å²) < 4.78 is 13.4. The van der Waals surface area contributed by atoms with E-state index in [0.29, 0.717) is 11.6 Å². The van der Waals surface area contributed by atoms with Crippen LogP contribution in [-0.4, -0.2) is 13.1 Å². The van der Waals surface area contributed by atoms with Gasteiger partial charge in [0.1, 0.15) is 5.82 Å². The summed E-state index contributed by atoms with van der Waals surface area (Å²) >= 11 is 5.70. The van der Waals surface area contributed by atoms with Crippen LogP contribution in [0.3, 0.4) is 0 Å². The number of benzene rings is 1. The zero-order valence-corrected chi connectivity index (χ0v) is 10.8. The minimum atomic E-state index is -0.394. The fourth-order valence-corrected chi connectivity index (χ4v) is 2.69. The van der Waals surface area contributed by atoms with E-state index in [0.717, 1.165) is 25.2 Å². The zero-order valence-electron chi connectivity index (χ0n) is 10.0. The lowest BCUT2D eigenvalue weighted by Gasteiger charge is -2.21. The second-order valence-corrected chi connectivity index (χ2v) is 5.12. The maximum absolute atomic E-state index is 13.4. The lowest BCUT2D eigenvalue weighted by Crippen LogP contribution is -2.21. The molecule has 1 saturated heterocycles. The third-order valence-corrected chi connectivity index (χ3v) is 3.68. The molecule has 4 heteroatoms. The van der Waals surface area contributed by atoms with Gasteiger partial charge in [-0.1, -0.05) is 24.9 Å². The molecule has 1 aromatic rings. The van der Waals surface area contributed by atoms with E-state index in [-0.39, 0.29) is 5.02 Å². The number of nitrogens with two attached hydrogens (primary N) is 1. The van der Waals surface area contributed by atoms with Crippen LogP contribution in [0.15, 0.2) is 12.1 Å². The molecule has 0 radical (unpaired) electrons. The molecule has 0 aliphatic carbocycles. The molecule has 1 atom stereocenters. The highest BCUT2D eigenvalue weighted by molar-refractivity contribution is 6.31. The molecule has 0 amide bonds. The molecule has 17 heavy (non-hydrogen) atoms. The summed E-state index contributed by atoms with van der Waals surface area (Å²) in [6, 6.07) is 2.95. The van der Waals surface area contributed by atoms with Gasteiger partial charge in [-0.3, -0.25) is 0 Å². The highest BCUT2D eigenvalue weighted by Gasteiger charge is 2.23. The second kappa shape index (κ2) is 5.13. The molecule has 94 valence electrons. The van der Waals surface area contributed by atoms with Gasteiger partial charge in [-0.25, -0.2) is 4.39 Å². The van der Waals surface area contributed by atoms with E-state index in [2.05, 4.69) is 11.8 Å². The average Bonchev–Trinajstić information content (AvgIpc) is 2.72. The predicted octanol–water partition coefficient (Wildman–Crippen LogP) is 3.69. The third kappa shape index (κ3) is 2.65. The van der Waals surface area contributed by atoms with Crippen molar-refractivity contribution in [3.63, 3.8) is 0 Å². The van der Waals surface area contributed by atoms with Crippen molar-refractivity contribution in [2.24, 2.45) is 5.92 Å². The van der Waals surface area contributed by atoms with Crippen molar-refractivity contribution in [1.29, 1.82) is 0 Å².